The number of rotatable bonds is 5. The van der Waals surface area contributed by atoms with Crippen LogP contribution in [0, 0.1) is 12.3 Å². The van der Waals surface area contributed by atoms with E-state index >= 15 is 0 Å². The molecule has 0 atom stereocenters. The molecule has 2 N–H and O–H groups in total. The van der Waals surface area contributed by atoms with Crippen molar-refractivity contribution in [3.8, 4) is 11.3 Å². The van der Waals surface area contributed by atoms with E-state index in [1.54, 1.807) is 6.07 Å². The lowest BCUT2D eigenvalue weighted by molar-refractivity contribution is 0.0872. The van der Waals surface area contributed by atoms with E-state index < -0.39 is 0 Å². The second-order valence-corrected chi connectivity index (χ2v) is 6.49. The molecule has 3 rings (SSSR count). The van der Waals surface area contributed by atoms with Crippen molar-refractivity contribution >= 4 is 5.91 Å². The predicted octanol–water partition coefficient (Wildman–Crippen LogP) is 2.93. The Bertz CT molecular complexity index is 670. The van der Waals surface area contributed by atoms with E-state index in [-0.39, 0.29) is 23.6 Å². The molecule has 0 saturated heterocycles. The first-order valence-electron chi connectivity index (χ1n) is 8.05. The van der Waals surface area contributed by atoms with Crippen LogP contribution in [-0.2, 0) is 0 Å². The van der Waals surface area contributed by atoms with Crippen LogP contribution in [0.2, 0.25) is 0 Å². The van der Waals surface area contributed by atoms with E-state index in [0.717, 1.165) is 36.8 Å². The van der Waals surface area contributed by atoms with E-state index in [1.807, 2.05) is 31.2 Å². The van der Waals surface area contributed by atoms with Gasteiger partial charge in [-0.25, -0.2) is 0 Å². The molecule has 2 aromatic rings. The first-order valence-corrected chi connectivity index (χ1v) is 8.05. The zero-order valence-electron chi connectivity index (χ0n) is 13.3. The molecule has 1 fully saturated rings. The zero-order valence-corrected chi connectivity index (χ0v) is 13.3. The lowest BCUT2D eigenvalue weighted by Gasteiger charge is -2.26. The standard InChI is InChI=1S/C18H22N2O3/c1-13-4-6-14(7-5-13)16-10-15(20-23-16)17(22)19-11-18(12-21)8-2-3-9-18/h4-7,10,21H,2-3,8-9,11-12H2,1H3,(H,19,22). The normalized spacial score (nSPS) is 16.4. The summed E-state index contributed by atoms with van der Waals surface area (Å²) in [6.45, 7) is 2.61. The fourth-order valence-electron chi connectivity index (χ4n) is 3.11. The Balaban J connectivity index is 1.65. The van der Waals surface area contributed by atoms with Gasteiger partial charge in [0.1, 0.15) is 0 Å². The van der Waals surface area contributed by atoms with Gasteiger partial charge in [0, 0.05) is 23.6 Å². The Hall–Kier alpha value is -2.14. The molecule has 1 heterocycles. The van der Waals surface area contributed by atoms with Gasteiger partial charge in [0.25, 0.3) is 5.91 Å². The van der Waals surface area contributed by atoms with Gasteiger partial charge in [-0.15, -0.1) is 0 Å². The highest BCUT2D eigenvalue weighted by atomic mass is 16.5. The lowest BCUT2D eigenvalue weighted by atomic mass is 9.87. The fourth-order valence-corrected chi connectivity index (χ4v) is 3.11. The number of nitrogens with one attached hydrogen (secondary N) is 1. The quantitative estimate of drug-likeness (QED) is 0.890. The third kappa shape index (κ3) is 3.45. The van der Waals surface area contributed by atoms with Crippen LogP contribution < -0.4 is 5.32 Å². The minimum atomic E-state index is -0.258. The molecule has 1 saturated carbocycles. The molecule has 1 aliphatic carbocycles. The number of aliphatic hydroxyl groups is 1. The van der Waals surface area contributed by atoms with Gasteiger partial charge >= 0.3 is 0 Å². The molecule has 23 heavy (non-hydrogen) atoms. The van der Waals surface area contributed by atoms with Crippen LogP contribution in [0.1, 0.15) is 41.7 Å². The van der Waals surface area contributed by atoms with Crippen molar-refractivity contribution in [2.24, 2.45) is 5.41 Å². The molecule has 1 amide bonds. The monoisotopic (exact) mass is 314 g/mol. The summed E-state index contributed by atoms with van der Waals surface area (Å²) >= 11 is 0. The van der Waals surface area contributed by atoms with E-state index in [0.29, 0.717) is 12.3 Å². The van der Waals surface area contributed by atoms with Crippen molar-refractivity contribution < 1.29 is 14.4 Å². The number of carbonyl (C=O) groups is 1. The maximum Gasteiger partial charge on any atom is 0.273 e. The summed E-state index contributed by atoms with van der Waals surface area (Å²) in [5.74, 6) is 0.319. The summed E-state index contributed by atoms with van der Waals surface area (Å²) in [4.78, 5) is 12.2. The molecule has 1 aromatic heterocycles. The van der Waals surface area contributed by atoms with Crippen LogP contribution in [0.15, 0.2) is 34.9 Å². The molecular formula is C18H22N2O3. The molecule has 122 valence electrons. The Morgan fingerprint density at radius 3 is 2.65 bits per heavy atom. The van der Waals surface area contributed by atoms with Crippen molar-refractivity contribution in [3.63, 3.8) is 0 Å². The number of amides is 1. The lowest BCUT2D eigenvalue weighted by Crippen LogP contribution is -2.38. The van der Waals surface area contributed by atoms with Crippen molar-refractivity contribution in [1.29, 1.82) is 0 Å². The molecule has 5 heteroatoms. The van der Waals surface area contributed by atoms with Gasteiger partial charge in [0.05, 0.1) is 6.61 Å². The summed E-state index contributed by atoms with van der Waals surface area (Å²) in [6.07, 6.45) is 4.13. The number of aliphatic hydroxyl groups excluding tert-OH is 1. The number of aromatic nitrogens is 1. The molecule has 5 nitrogen and oxygen atoms in total. The number of benzene rings is 1. The van der Waals surface area contributed by atoms with Crippen LogP contribution in [0.4, 0.5) is 0 Å². The van der Waals surface area contributed by atoms with Crippen LogP contribution in [0.5, 0.6) is 0 Å². The fraction of sp³-hybridized carbons (Fsp3) is 0.444. The average Bonchev–Trinajstić information content (AvgIpc) is 3.23. The minimum absolute atomic E-state index is 0.112. The number of hydrogen-bond acceptors (Lipinski definition) is 4. The second kappa shape index (κ2) is 6.54. The third-order valence-electron chi connectivity index (χ3n) is 4.70. The van der Waals surface area contributed by atoms with Crippen LogP contribution in [0.3, 0.4) is 0 Å². The molecule has 1 aliphatic rings. The SMILES string of the molecule is Cc1ccc(-c2cc(C(=O)NCC3(CO)CCCC3)no2)cc1. The van der Waals surface area contributed by atoms with E-state index in [2.05, 4.69) is 10.5 Å². The number of aryl methyl sites for hydroxylation is 1. The molecule has 0 spiro atoms. The van der Waals surface area contributed by atoms with Crippen molar-refractivity contribution in [2.45, 2.75) is 32.6 Å². The number of hydrogen-bond donors (Lipinski definition) is 2. The Labute approximate surface area is 135 Å². The van der Waals surface area contributed by atoms with Crippen molar-refractivity contribution in [3.05, 3.63) is 41.6 Å². The maximum atomic E-state index is 12.2. The van der Waals surface area contributed by atoms with E-state index in [1.165, 1.54) is 0 Å². The highest BCUT2D eigenvalue weighted by Crippen LogP contribution is 2.36. The number of nitrogens with zero attached hydrogens (tertiary/aromatic N) is 1. The smallest absolute Gasteiger partial charge is 0.273 e. The van der Waals surface area contributed by atoms with Gasteiger partial charge in [-0.1, -0.05) is 47.8 Å². The van der Waals surface area contributed by atoms with Crippen molar-refractivity contribution in [1.82, 2.24) is 10.5 Å². The molecule has 0 aliphatic heterocycles. The first kappa shape index (κ1) is 15.7. The van der Waals surface area contributed by atoms with E-state index in [9.17, 15) is 9.90 Å². The maximum absolute atomic E-state index is 12.2. The van der Waals surface area contributed by atoms with Gasteiger partial charge in [0.15, 0.2) is 11.5 Å². The van der Waals surface area contributed by atoms with Gasteiger partial charge in [0.2, 0.25) is 0 Å². The van der Waals surface area contributed by atoms with E-state index in [4.69, 9.17) is 4.52 Å². The van der Waals surface area contributed by atoms with Gasteiger partial charge < -0.3 is 14.9 Å². The van der Waals surface area contributed by atoms with Crippen molar-refractivity contribution in [2.75, 3.05) is 13.2 Å². The summed E-state index contributed by atoms with van der Waals surface area (Å²) < 4.78 is 5.27. The third-order valence-corrected chi connectivity index (χ3v) is 4.70. The van der Waals surface area contributed by atoms with Gasteiger partial charge in [-0.2, -0.15) is 0 Å². The highest BCUT2D eigenvalue weighted by molar-refractivity contribution is 5.93. The van der Waals surface area contributed by atoms with Gasteiger partial charge in [-0.3, -0.25) is 4.79 Å². The summed E-state index contributed by atoms with van der Waals surface area (Å²) in [7, 11) is 0. The average molecular weight is 314 g/mol. The molecule has 0 bridgehead atoms. The Kier molecular flexibility index (Phi) is 4.48. The first-order chi connectivity index (χ1) is 11.1. The largest absolute Gasteiger partial charge is 0.396 e. The van der Waals surface area contributed by atoms with Gasteiger partial charge in [-0.05, 0) is 19.8 Å². The van der Waals surface area contributed by atoms with Crippen LogP contribution in [-0.4, -0.2) is 29.3 Å². The molecular weight excluding hydrogens is 292 g/mol. The summed E-state index contributed by atoms with van der Waals surface area (Å²) in [5, 5.41) is 16.3. The summed E-state index contributed by atoms with van der Waals surface area (Å²) in [5.41, 5.74) is 2.16. The minimum Gasteiger partial charge on any atom is -0.396 e. The second-order valence-electron chi connectivity index (χ2n) is 6.49. The number of carbonyl (C=O) groups excluding carboxylic acids is 1. The Morgan fingerprint density at radius 2 is 2.00 bits per heavy atom. The Morgan fingerprint density at radius 1 is 1.30 bits per heavy atom. The zero-order chi connectivity index (χ0) is 16.3. The van der Waals surface area contributed by atoms with Crippen LogP contribution >= 0.6 is 0 Å². The molecule has 0 unspecified atom stereocenters. The van der Waals surface area contributed by atoms with Crippen LogP contribution in [0.25, 0.3) is 11.3 Å². The highest BCUT2D eigenvalue weighted by Gasteiger charge is 2.33. The predicted molar refractivity (Wildman–Crippen MR) is 87.0 cm³/mol. The molecule has 1 aromatic carbocycles. The topological polar surface area (TPSA) is 75.4 Å². The molecule has 0 radical (unpaired) electrons. The summed E-state index contributed by atoms with van der Waals surface area (Å²) in [6, 6.07) is 9.51.